The van der Waals surface area contributed by atoms with Crippen LogP contribution in [0.25, 0.3) is 0 Å². The minimum atomic E-state index is -0.845. The molecule has 0 aromatic carbocycles. The summed E-state index contributed by atoms with van der Waals surface area (Å²) in [5.41, 5.74) is 4.41. The van der Waals surface area contributed by atoms with Gasteiger partial charge in [0, 0.05) is 12.5 Å². The van der Waals surface area contributed by atoms with E-state index < -0.39 is 23.2 Å². The van der Waals surface area contributed by atoms with Gasteiger partial charge in [0.25, 0.3) is 0 Å². The number of amides is 2. The highest BCUT2D eigenvalue weighted by molar-refractivity contribution is 5.83. The van der Waals surface area contributed by atoms with E-state index in [2.05, 4.69) is 5.32 Å². The number of primary amides is 1. The SMILES string of the molecule is CC(C)(CNC(=O)C1CCC(C(=O)O)C1)C(N)=O. The Morgan fingerprint density at radius 3 is 2.28 bits per heavy atom. The van der Waals surface area contributed by atoms with Gasteiger partial charge in [-0.2, -0.15) is 0 Å². The van der Waals surface area contributed by atoms with Gasteiger partial charge in [-0.1, -0.05) is 0 Å². The molecule has 0 heterocycles. The molecular weight excluding hydrogens is 236 g/mol. The second-order valence-electron chi connectivity index (χ2n) is 5.51. The minimum Gasteiger partial charge on any atom is -0.481 e. The second kappa shape index (κ2) is 5.37. The van der Waals surface area contributed by atoms with Crippen molar-refractivity contribution in [2.75, 3.05) is 6.54 Å². The first-order valence-corrected chi connectivity index (χ1v) is 6.04. The Kier molecular flexibility index (Phi) is 4.32. The van der Waals surface area contributed by atoms with E-state index in [1.54, 1.807) is 13.8 Å². The Balaban J connectivity index is 2.44. The van der Waals surface area contributed by atoms with E-state index in [1.165, 1.54) is 0 Å². The number of nitrogens with two attached hydrogens (primary N) is 1. The fourth-order valence-corrected chi connectivity index (χ4v) is 1.98. The van der Waals surface area contributed by atoms with E-state index in [0.717, 1.165) is 0 Å². The lowest BCUT2D eigenvalue weighted by atomic mass is 9.92. The molecule has 1 saturated carbocycles. The van der Waals surface area contributed by atoms with Crippen molar-refractivity contribution < 1.29 is 19.5 Å². The fourth-order valence-electron chi connectivity index (χ4n) is 1.98. The number of rotatable bonds is 5. The van der Waals surface area contributed by atoms with Crippen LogP contribution in [0, 0.1) is 17.3 Å². The lowest BCUT2D eigenvalue weighted by Crippen LogP contribution is -2.43. The van der Waals surface area contributed by atoms with Crippen LogP contribution < -0.4 is 11.1 Å². The zero-order chi connectivity index (χ0) is 13.9. The first kappa shape index (κ1) is 14.5. The third-order valence-electron chi connectivity index (χ3n) is 3.52. The van der Waals surface area contributed by atoms with Crippen LogP contribution in [-0.2, 0) is 14.4 Å². The van der Waals surface area contributed by atoms with Crippen LogP contribution in [-0.4, -0.2) is 29.4 Å². The molecule has 2 amide bonds. The first-order chi connectivity index (χ1) is 8.24. The summed E-state index contributed by atoms with van der Waals surface area (Å²) in [4.78, 5) is 33.7. The highest BCUT2D eigenvalue weighted by Crippen LogP contribution is 2.31. The van der Waals surface area contributed by atoms with Gasteiger partial charge in [-0.05, 0) is 33.1 Å². The molecule has 6 heteroatoms. The van der Waals surface area contributed by atoms with Crippen LogP contribution in [0.15, 0.2) is 0 Å². The van der Waals surface area contributed by atoms with Crippen molar-refractivity contribution in [3.63, 3.8) is 0 Å². The molecule has 1 fully saturated rings. The maximum Gasteiger partial charge on any atom is 0.306 e. The monoisotopic (exact) mass is 256 g/mol. The summed E-state index contributed by atoms with van der Waals surface area (Å²) in [5.74, 6) is -2.20. The average molecular weight is 256 g/mol. The van der Waals surface area contributed by atoms with Gasteiger partial charge >= 0.3 is 5.97 Å². The van der Waals surface area contributed by atoms with Crippen molar-refractivity contribution in [1.29, 1.82) is 0 Å². The maximum atomic E-state index is 11.8. The standard InChI is InChI=1S/C12H20N2O4/c1-12(2,11(13)18)6-14-9(15)7-3-4-8(5-7)10(16)17/h7-8H,3-6H2,1-2H3,(H2,13,18)(H,14,15)(H,16,17). The van der Waals surface area contributed by atoms with Crippen LogP contribution in [0.4, 0.5) is 0 Å². The quantitative estimate of drug-likeness (QED) is 0.648. The fraction of sp³-hybridized carbons (Fsp3) is 0.750. The lowest BCUT2D eigenvalue weighted by Gasteiger charge is -2.22. The van der Waals surface area contributed by atoms with E-state index in [-0.39, 0.29) is 18.4 Å². The molecule has 1 aliphatic carbocycles. The number of hydrogen-bond acceptors (Lipinski definition) is 3. The van der Waals surface area contributed by atoms with Gasteiger partial charge < -0.3 is 16.2 Å². The Morgan fingerprint density at radius 1 is 1.28 bits per heavy atom. The Morgan fingerprint density at radius 2 is 1.83 bits per heavy atom. The summed E-state index contributed by atoms with van der Waals surface area (Å²) >= 11 is 0. The zero-order valence-corrected chi connectivity index (χ0v) is 10.7. The molecule has 18 heavy (non-hydrogen) atoms. The summed E-state index contributed by atoms with van der Waals surface area (Å²) in [6.07, 6.45) is 1.49. The number of carboxylic acid groups (broad SMARTS) is 1. The normalized spacial score (nSPS) is 23.7. The van der Waals surface area contributed by atoms with Crippen molar-refractivity contribution in [2.24, 2.45) is 23.0 Å². The number of carbonyl (C=O) groups is 3. The highest BCUT2D eigenvalue weighted by atomic mass is 16.4. The van der Waals surface area contributed by atoms with Gasteiger partial charge in [0.1, 0.15) is 0 Å². The van der Waals surface area contributed by atoms with Crippen molar-refractivity contribution in [2.45, 2.75) is 33.1 Å². The molecule has 2 unspecified atom stereocenters. The topological polar surface area (TPSA) is 109 Å². The summed E-state index contributed by atoms with van der Waals surface area (Å²) < 4.78 is 0. The average Bonchev–Trinajstić information content (AvgIpc) is 2.75. The van der Waals surface area contributed by atoms with Crippen LogP contribution in [0.5, 0.6) is 0 Å². The largest absolute Gasteiger partial charge is 0.481 e. The predicted molar refractivity (Wildman–Crippen MR) is 64.5 cm³/mol. The lowest BCUT2D eigenvalue weighted by molar-refractivity contribution is -0.141. The van der Waals surface area contributed by atoms with E-state index in [1.807, 2.05) is 0 Å². The molecule has 0 spiro atoms. The van der Waals surface area contributed by atoms with Crippen LogP contribution in [0.1, 0.15) is 33.1 Å². The van der Waals surface area contributed by atoms with Crippen molar-refractivity contribution >= 4 is 17.8 Å². The van der Waals surface area contributed by atoms with Gasteiger partial charge in [0.05, 0.1) is 11.3 Å². The summed E-state index contributed by atoms with van der Waals surface area (Å²) in [6.45, 7) is 3.49. The molecule has 0 saturated heterocycles. The molecule has 4 N–H and O–H groups in total. The number of carboxylic acids is 1. The van der Waals surface area contributed by atoms with Gasteiger partial charge in [-0.15, -0.1) is 0 Å². The molecular formula is C12H20N2O4. The van der Waals surface area contributed by atoms with E-state index >= 15 is 0 Å². The van der Waals surface area contributed by atoms with Crippen LogP contribution in [0.3, 0.4) is 0 Å². The van der Waals surface area contributed by atoms with E-state index in [4.69, 9.17) is 10.8 Å². The smallest absolute Gasteiger partial charge is 0.306 e. The third-order valence-corrected chi connectivity index (χ3v) is 3.52. The summed E-state index contributed by atoms with van der Waals surface area (Å²) in [6, 6.07) is 0. The van der Waals surface area contributed by atoms with Gasteiger partial charge in [-0.3, -0.25) is 14.4 Å². The zero-order valence-electron chi connectivity index (χ0n) is 10.7. The van der Waals surface area contributed by atoms with Gasteiger partial charge in [0.15, 0.2) is 0 Å². The molecule has 2 atom stereocenters. The molecule has 0 bridgehead atoms. The van der Waals surface area contributed by atoms with Crippen LogP contribution >= 0.6 is 0 Å². The van der Waals surface area contributed by atoms with E-state index in [0.29, 0.717) is 19.3 Å². The molecule has 0 aromatic heterocycles. The number of aliphatic carboxylic acids is 1. The predicted octanol–water partition coefficient (Wildman–Crippen LogP) is 0.115. The number of hydrogen-bond donors (Lipinski definition) is 3. The van der Waals surface area contributed by atoms with Crippen molar-refractivity contribution in [3.8, 4) is 0 Å². The summed E-state index contributed by atoms with van der Waals surface area (Å²) in [7, 11) is 0. The molecule has 102 valence electrons. The molecule has 1 rings (SSSR count). The van der Waals surface area contributed by atoms with Crippen molar-refractivity contribution in [3.05, 3.63) is 0 Å². The molecule has 6 nitrogen and oxygen atoms in total. The van der Waals surface area contributed by atoms with Gasteiger partial charge in [-0.25, -0.2) is 0 Å². The second-order valence-corrected chi connectivity index (χ2v) is 5.51. The van der Waals surface area contributed by atoms with Crippen molar-refractivity contribution in [1.82, 2.24) is 5.32 Å². The molecule has 0 aliphatic heterocycles. The Labute approximate surface area is 106 Å². The molecule has 1 aliphatic rings. The highest BCUT2D eigenvalue weighted by Gasteiger charge is 2.34. The number of carbonyl (C=O) groups excluding carboxylic acids is 2. The molecule has 0 radical (unpaired) electrons. The number of nitrogens with one attached hydrogen (secondary N) is 1. The van der Waals surface area contributed by atoms with E-state index in [9.17, 15) is 14.4 Å². The first-order valence-electron chi connectivity index (χ1n) is 6.04. The van der Waals surface area contributed by atoms with Gasteiger partial charge in [0.2, 0.25) is 11.8 Å². The molecule has 0 aromatic rings. The minimum absolute atomic E-state index is 0.176. The van der Waals surface area contributed by atoms with Crippen LogP contribution in [0.2, 0.25) is 0 Å². The summed E-state index contributed by atoms with van der Waals surface area (Å²) in [5, 5.41) is 11.5. The Hall–Kier alpha value is -1.59. The third kappa shape index (κ3) is 3.45. The maximum absolute atomic E-state index is 11.8. The Bertz CT molecular complexity index is 365.